The second-order valence-electron chi connectivity index (χ2n) is 5.00. The largest absolute Gasteiger partial charge is 0.0842 e. The standard InChI is InChI=1S/C16H14Cl4/c1-9(2)12-5-3-4-10(16(12)20)6-13-14(18)7-11(17)8-15(13)19/h3-5,7-9H,6H2,1-2H3. The minimum absolute atomic E-state index is 0.374. The zero-order chi connectivity index (χ0) is 14.9. The molecule has 0 spiro atoms. The van der Waals surface area contributed by atoms with E-state index in [4.69, 9.17) is 46.4 Å². The summed E-state index contributed by atoms with van der Waals surface area (Å²) in [7, 11) is 0. The van der Waals surface area contributed by atoms with Gasteiger partial charge in [0, 0.05) is 26.5 Å². The molecule has 0 aliphatic heterocycles. The van der Waals surface area contributed by atoms with Crippen LogP contribution < -0.4 is 0 Å². The third-order valence-electron chi connectivity index (χ3n) is 3.20. The van der Waals surface area contributed by atoms with Gasteiger partial charge in [0.15, 0.2) is 0 Å². The molecule has 0 saturated heterocycles. The molecular formula is C16H14Cl4. The zero-order valence-corrected chi connectivity index (χ0v) is 14.2. The van der Waals surface area contributed by atoms with Gasteiger partial charge in [-0.25, -0.2) is 0 Å². The molecule has 0 fully saturated rings. The van der Waals surface area contributed by atoms with Gasteiger partial charge in [-0.3, -0.25) is 0 Å². The molecule has 20 heavy (non-hydrogen) atoms. The molecule has 106 valence electrons. The van der Waals surface area contributed by atoms with Crippen LogP contribution in [-0.4, -0.2) is 0 Å². The van der Waals surface area contributed by atoms with Gasteiger partial charge in [0.25, 0.3) is 0 Å². The first-order valence-corrected chi connectivity index (χ1v) is 7.82. The van der Waals surface area contributed by atoms with Crippen LogP contribution in [0.4, 0.5) is 0 Å². The van der Waals surface area contributed by atoms with Crippen LogP contribution in [0, 0.1) is 0 Å². The van der Waals surface area contributed by atoms with Crippen molar-refractivity contribution in [3.05, 3.63) is 67.1 Å². The molecule has 0 aliphatic rings. The van der Waals surface area contributed by atoms with Crippen molar-refractivity contribution in [3.63, 3.8) is 0 Å². The van der Waals surface area contributed by atoms with Crippen LogP contribution in [0.15, 0.2) is 30.3 Å². The summed E-state index contributed by atoms with van der Waals surface area (Å²) in [5, 5.41) is 2.44. The Bertz CT molecular complexity index is 609. The van der Waals surface area contributed by atoms with Gasteiger partial charge in [-0.15, -0.1) is 0 Å². The Morgan fingerprint density at radius 3 is 2.10 bits per heavy atom. The predicted molar refractivity (Wildman–Crippen MR) is 89.8 cm³/mol. The maximum Gasteiger partial charge on any atom is 0.0475 e. The molecule has 0 aromatic heterocycles. The van der Waals surface area contributed by atoms with Crippen molar-refractivity contribution >= 4 is 46.4 Å². The minimum Gasteiger partial charge on any atom is -0.0842 e. The summed E-state index contributed by atoms with van der Waals surface area (Å²) in [6.07, 6.45) is 0.591. The van der Waals surface area contributed by atoms with E-state index in [1.807, 2.05) is 18.2 Å². The average molecular weight is 348 g/mol. The Morgan fingerprint density at radius 1 is 0.950 bits per heavy atom. The number of hydrogen-bond acceptors (Lipinski definition) is 0. The van der Waals surface area contributed by atoms with E-state index in [0.717, 1.165) is 21.7 Å². The molecule has 2 rings (SSSR count). The minimum atomic E-state index is 0.374. The van der Waals surface area contributed by atoms with Crippen LogP contribution in [0.3, 0.4) is 0 Å². The maximum absolute atomic E-state index is 6.48. The van der Waals surface area contributed by atoms with Gasteiger partial charge in [0.05, 0.1) is 0 Å². The molecule has 0 bridgehead atoms. The zero-order valence-electron chi connectivity index (χ0n) is 11.2. The molecule has 0 saturated carbocycles. The lowest BCUT2D eigenvalue weighted by Crippen LogP contribution is -1.97. The fraction of sp³-hybridized carbons (Fsp3) is 0.250. The van der Waals surface area contributed by atoms with Crippen molar-refractivity contribution in [2.75, 3.05) is 0 Å². The topological polar surface area (TPSA) is 0 Å². The smallest absolute Gasteiger partial charge is 0.0475 e. The summed E-state index contributed by atoms with van der Waals surface area (Å²) in [5.74, 6) is 0.374. The molecular weight excluding hydrogens is 334 g/mol. The molecule has 0 amide bonds. The molecule has 2 aromatic rings. The van der Waals surface area contributed by atoms with Crippen molar-refractivity contribution in [2.45, 2.75) is 26.2 Å². The Kier molecular flexibility index (Phi) is 5.25. The fourth-order valence-corrected chi connectivity index (χ4v) is 3.48. The molecule has 0 heterocycles. The lowest BCUT2D eigenvalue weighted by molar-refractivity contribution is 0.863. The Labute approximate surface area is 139 Å². The number of hydrogen-bond donors (Lipinski definition) is 0. The fourth-order valence-electron chi connectivity index (χ4n) is 2.11. The second-order valence-corrected chi connectivity index (χ2v) is 6.63. The van der Waals surface area contributed by atoms with Gasteiger partial charge in [-0.05, 0) is 34.7 Å². The highest BCUT2D eigenvalue weighted by atomic mass is 35.5. The number of benzene rings is 2. The third-order valence-corrected chi connectivity index (χ3v) is 4.56. The molecule has 4 heteroatoms. The van der Waals surface area contributed by atoms with Gasteiger partial charge in [0.1, 0.15) is 0 Å². The summed E-state index contributed by atoms with van der Waals surface area (Å²) in [6.45, 7) is 4.24. The van der Waals surface area contributed by atoms with E-state index in [-0.39, 0.29) is 0 Å². The van der Waals surface area contributed by atoms with Gasteiger partial charge in [0.2, 0.25) is 0 Å². The van der Waals surface area contributed by atoms with Crippen LogP contribution in [-0.2, 0) is 6.42 Å². The molecule has 0 unspecified atom stereocenters. The van der Waals surface area contributed by atoms with E-state index < -0.39 is 0 Å². The van der Waals surface area contributed by atoms with Crippen LogP contribution >= 0.6 is 46.4 Å². The van der Waals surface area contributed by atoms with E-state index in [2.05, 4.69) is 13.8 Å². The lowest BCUT2D eigenvalue weighted by Gasteiger charge is -2.14. The van der Waals surface area contributed by atoms with Crippen LogP contribution in [0.5, 0.6) is 0 Å². The lowest BCUT2D eigenvalue weighted by atomic mass is 9.97. The molecule has 0 nitrogen and oxygen atoms in total. The molecule has 2 aromatic carbocycles. The summed E-state index contributed by atoms with van der Waals surface area (Å²) in [6, 6.07) is 9.44. The van der Waals surface area contributed by atoms with E-state index in [1.165, 1.54) is 0 Å². The SMILES string of the molecule is CC(C)c1cccc(Cc2c(Cl)cc(Cl)cc2Cl)c1Cl. The Balaban J connectivity index is 2.43. The third kappa shape index (κ3) is 3.43. The summed E-state index contributed by atoms with van der Waals surface area (Å²) in [4.78, 5) is 0. The molecule has 0 aliphatic carbocycles. The van der Waals surface area contributed by atoms with E-state index >= 15 is 0 Å². The van der Waals surface area contributed by atoms with Crippen molar-refractivity contribution in [3.8, 4) is 0 Å². The highest BCUT2D eigenvalue weighted by Crippen LogP contribution is 2.34. The summed E-state index contributed by atoms with van der Waals surface area (Å²) in [5.41, 5.74) is 3.00. The number of rotatable bonds is 3. The van der Waals surface area contributed by atoms with Crippen LogP contribution in [0.1, 0.15) is 36.5 Å². The van der Waals surface area contributed by atoms with Crippen molar-refractivity contribution in [1.82, 2.24) is 0 Å². The van der Waals surface area contributed by atoms with Gasteiger partial charge in [-0.2, -0.15) is 0 Å². The highest BCUT2D eigenvalue weighted by molar-refractivity contribution is 6.39. The molecule has 0 N–H and O–H groups in total. The second kappa shape index (κ2) is 6.58. The summed E-state index contributed by atoms with van der Waals surface area (Å²) >= 11 is 24.9. The first kappa shape index (κ1) is 16.0. The summed E-state index contributed by atoms with van der Waals surface area (Å²) < 4.78 is 0. The van der Waals surface area contributed by atoms with Crippen molar-refractivity contribution in [2.24, 2.45) is 0 Å². The van der Waals surface area contributed by atoms with E-state index in [0.29, 0.717) is 27.4 Å². The van der Waals surface area contributed by atoms with Crippen molar-refractivity contribution < 1.29 is 0 Å². The quantitative estimate of drug-likeness (QED) is 0.559. The monoisotopic (exact) mass is 346 g/mol. The van der Waals surface area contributed by atoms with Gasteiger partial charge >= 0.3 is 0 Å². The molecule has 0 atom stereocenters. The van der Waals surface area contributed by atoms with E-state index in [1.54, 1.807) is 12.1 Å². The van der Waals surface area contributed by atoms with Gasteiger partial charge < -0.3 is 0 Å². The number of halogens is 4. The maximum atomic E-state index is 6.48. The average Bonchev–Trinajstić information content (AvgIpc) is 2.35. The van der Waals surface area contributed by atoms with Crippen molar-refractivity contribution in [1.29, 1.82) is 0 Å². The van der Waals surface area contributed by atoms with Crippen LogP contribution in [0.2, 0.25) is 20.1 Å². The predicted octanol–water partition coefficient (Wildman–Crippen LogP) is 7.01. The highest BCUT2D eigenvalue weighted by Gasteiger charge is 2.13. The molecule has 0 radical (unpaired) electrons. The first-order chi connectivity index (χ1) is 9.40. The van der Waals surface area contributed by atoms with Crippen LogP contribution in [0.25, 0.3) is 0 Å². The first-order valence-electron chi connectivity index (χ1n) is 6.31. The normalized spacial score (nSPS) is 11.2. The van der Waals surface area contributed by atoms with Gasteiger partial charge in [-0.1, -0.05) is 78.5 Å². The Morgan fingerprint density at radius 2 is 1.55 bits per heavy atom. The Hall–Kier alpha value is -0.400. The van der Waals surface area contributed by atoms with E-state index in [9.17, 15) is 0 Å².